The lowest BCUT2D eigenvalue weighted by Crippen LogP contribution is -2.36. The van der Waals surface area contributed by atoms with Gasteiger partial charge in [0.1, 0.15) is 0 Å². The van der Waals surface area contributed by atoms with Gasteiger partial charge in [0.05, 0.1) is 6.54 Å². The van der Waals surface area contributed by atoms with E-state index < -0.39 is 0 Å². The molecule has 1 aliphatic rings. The Morgan fingerprint density at radius 2 is 1.73 bits per heavy atom. The molecule has 1 rings (SSSR count). The van der Waals surface area contributed by atoms with E-state index in [-0.39, 0.29) is 0 Å². The fourth-order valence-electron chi connectivity index (χ4n) is 2.45. The number of hydrogen-bond acceptors (Lipinski definition) is 1. The number of nitrogens with one attached hydrogen (secondary N) is 1. The van der Waals surface area contributed by atoms with Crippen molar-refractivity contribution in [1.29, 1.82) is 0 Å². The Balaban J connectivity index is 2.26. The SMILES string of the molecule is CC#CCNC1CCC(C(C)(C)C)CC1. The Bertz CT molecular complexity index is 230. The Hall–Kier alpha value is -0.480. The maximum atomic E-state index is 3.52. The highest BCUT2D eigenvalue weighted by Crippen LogP contribution is 2.37. The van der Waals surface area contributed by atoms with Crippen LogP contribution in [0.5, 0.6) is 0 Å². The lowest BCUT2D eigenvalue weighted by Gasteiger charge is -2.37. The summed E-state index contributed by atoms with van der Waals surface area (Å²) in [6.45, 7) is 9.87. The van der Waals surface area contributed by atoms with Gasteiger partial charge in [-0.15, -0.1) is 5.92 Å². The summed E-state index contributed by atoms with van der Waals surface area (Å²) in [5, 5.41) is 3.52. The normalized spacial score (nSPS) is 26.9. The summed E-state index contributed by atoms with van der Waals surface area (Å²) in [4.78, 5) is 0. The first-order valence-electron chi connectivity index (χ1n) is 6.17. The summed E-state index contributed by atoms with van der Waals surface area (Å²) >= 11 is 0. The summed E-state index contributed by atoms with van der Waals surface area (Å²) in [6, 6.07) is 0.712. The van der Waals surface area contributed by atoms with Gasteiger partial charge in [-0.2, -0.15) is 0 Å². The number of rotatable bonds is 2. The first kappa shape index (κ1) is 12.6. The quantitative estimate of drug-likeness (QED) is 0.686. The summed E-state index contributed by atoms with van der Waals surface area (Å²) in [5.74, 6) is 6.91. The van der Waals surface area contributed by atoms with Crippen LogP contribution in [0, 0.1) is 23.2 Å². The molecule has 1 saturated carbocycles. The van der Waals surface area contributed by atoms with Crippen molar-refractivity contribution in [2.24, 2.45) is 11.3 Å². The van der Waals surface area contributed by atoms with E-state index in [2.05, 4.69) is 37.9 Å². The average Bonchev–Trinajstić information content (AvgIpc) is 2.18. The molecule has 1 N–H and O–H groups in total. The van der Waals surface area contributed by atoms with Crippen LogP contribution < -0.4 is 5.32 Å². The second kappa shape index (κ2) is 5.56. The van der Waals surface area contributed by atoms with Gasteiger partial charge < -0.3 is 5.32 Å². The van der Waals surface area contributed by atoms with Crippen LogP contribution in [-0.2, 0) is 0 Å². The van der Waals surface area contributed by atoms with Gasteiger partial charge >= 0.3 is 0 Å². The average molecular weight is 207 g/mol. The van der Waals surface area contributed by atoms with E-state index in [0.29, 0.717) is 11.5 Å². The summed E-state index contributed by atoms with van der Waals surface area (Å²) in [5.41, 5.74) is 0.494. The smallest absolute Gasteiger partial charge is 0.0578 e. The molecular formula is C14H25N. The molecule has 0 bridgehead atoms. The molecule has 0 radical (unpaired) electrons. The highest BCUT2D eigenvalue weighted by atomic mass is 14.9. The van der Waals surface area contributed by atoms with Crippen molar-refractivity contribution >= 4 is 0 Å². The first-order valence-corrected chi connectivity index (χ1v) is 6.17. The van der Waals surface area contributed by atoms with Gasteiger partial charge in [-0.05, 0) is 43.9 Å². The lowest BCUT2D eigenvalue weighted by molar-refractivity contribution is 0.161. The van der Waals surface area contributed by atoms with Gasteiger partial charge in [0.15, 0.2) is 0 Å². The minimum atomic E-state index is 0.494. The largest absolute Gasteiger partial charge is 0.303 e. The third kappa shape index (κ3) is 4.26. The molecule has 0 atom stereocenters. The van der Waals surface area contributed by atoms with Crippen LogP contribution in [0.15, 0.2) is 0 Å². The van der Waals surface area contributed by atoms with Crippen LogP contribution in [0.25, 0.3) is 0 Å². The van der Waals surface area contributed by atoms with E-state index in [0.717, 1.165) is 12.5 Å². The van der Waals surface area contributed by atoms with Gasteiger partial charge in [0, 0.05) is 6.04 Å². The Kier molecular flexibility index (Phi) is 4.67. The van der Waals surface area contributed by atoms with E-state index in [1.807, 2.05) is 6.92 Å². The molecule has 0 aromatic rings. The van der Waals surface area contributed by atoms with Crippen molar-refractivity contribution < 1.29 is 0 Å². The second-order valence-corrected chi connectivity index (χ2v) is 5.72. The van der Waals surface area contributed by atoms with Gasteiger partial charge in [0.25, 0.3) is 0 Å². The van der Waals surface area contributed by atoms with Crippen LogP contribution in [-0.4, -0.2) is 12.6 Å². The van der Waals surface area contributed by atoms with E-state index in [1.54, 1.807) is 0 Å². The summed E-state index contributed by atoms with van der Waals surface area (Å²) < 4.78 is 0. The molecule has 0 heterocycles. The van der Waals surface area contributed by atoms with Gasteiger partial charge in [0.2, 0.25) is 0 Å². The molecule has 1 heteroatoms. The maximum Gasteiger partial charge on any atom is 0.0578 e. The molecule has 0 saturated heterocycles. The van der Waals surface area contributed by atoms with Crippen LogP contribution in [0.3, 0.4) is 0 Å². The van der Waals surface area contributed by atoms with E-state index in [9.17, 15) is 0 Å². The van der Waals surface area contributed by atoms with Crippen molar-refractivity contribution in [1.82, 2.24) is 5.32 Å². The van der Waals surface area contributed by atoms with E-state index in [1.165, 1.54) is 25.7 Å². The molecule has 0 aromatic carbocycles. The van der Waals surface area contributed by atoms with Crippen molar-refractivity contribution in [3.63, 3.8) is 0 Å². The van der Waals surface area contributed by atoms with Crippen molar-refractivity contribution in [3.05, 3.63) is 0 Å². The number of hydrogen-bond donors (Lipinski definition) is 1. The Labute approximate surface area is 95.0 Å². The highest BCUT2D eigenvalue weighted by Gasteiger charge is 2.29. The molecule has 1 nitrogen and oxygen atoms in total. The van der Waals surface area contributed by atoms with Crippen LogP contribution >= 0.6 is 0 Å². The first-order chi connectivity index (χ1) is 7.04. The van der Waals surface area contributed by atoms with Gasteiger partial charge in [-0.25, -0.2) is 0 Å². The molecule has 0 aliphatic heterocycles. The summed E-state index contributed by atoms with van der Waals surface area (Å²) in [7, 11) is 0. The predicted octanol–water partition coefficient (Wildman–Crippen LogP) is 3.20. The van der Waals surface area contributed by atoms with Gasteiger partial charge in [-0.3, -0.25) is 0 Å². The Morgan fingerprint density at radius 1 is 1.13 bits per heavy atom. The topological polar surface area (TPSA) is 12.0 Å². The standard InChI is InChI=1S/C14H25N/c1-5-6-11-15-13-9-7-12(8-10-13)14(2,3)4/h12-13,15H,7-11H2,1-4H3. The van der Waals surface area contributed by atoms with Crippen LogP contribution in [0.2, 0.25) is 0 Å². The minimum absolute atomic E-state index is 0.494. The molecule has 0 unspecified atom stereocenters. The molecule has 0 aromatic heterocycles. The van der Waals surface area contributed by atoms with Crippen LogP contribution in [0.1, 0.15) is 53.4 Å². The molecule has 1 fully saturated rings. The zero-order valence-electron chi connectivity index (χ0n) is 10.7. The minimum Gasteiger partial charge on any atom is -0.303 e. The van der Waals surface area contributed by atoms with Crippen LogP contribution in [0.4, 0.5) is 0 Å². The third-order valence-corrected chi connectivity index (χ3v) is 3.61. The van der Waals surface area contributed by atoms with Crippen molar-refractivity contribution in [2.45, 2.75) is 59.4 Å². The fraction of sp³-hybridized carbons (Fsp3) is 0.857. The van der Waals surface area contributed by atoms with Gasteiger partial charge in [-0.1, -0.05) is 26.7 Å². The summed E-state index contributed by atoms with van der Waals surface area (Å²) in [6.07, 6.45) is 5.40. The maximum absolute atomic E-state index is 3.52. The van der Waals surface area contributed by atoms with E-state index in [4.69, 9.17) is 0 Å². The Morgan fingerprint density at radius 3 is 2.20 bits per heavy atom. The molecule has 0 amide bonds. The predicted molar refractivity (Wildman–Crippen MR) is 66.7 cm³/mol. The molecule has 1 aliphatic carbocycles. The van der Waals surface area contributed by atoms with E-state index >= 15 is 0 Å². The fourth-order valence-corrected chi connectivity index (χ4v) is 2.45. The second-order valence-electron chi connectivity index (χ2n) is 5.72. The molecule has 86 valence electrons. The monoisotopic (exact) mass is 207 g/mol. The highest BCUT2D eigenvalue weighted by molar-refractivity contribution is 4.98. The molecule has 0 spiro atoms. The third-order valence-electron chi connectivity index (χ3n) is 3.61. The zero-order chi connectivity index (χ0) is 11.3. The molecule has 15 heavy (non-hydrogen) atoms. The molecular weight excluding hydrogens is 182 g/mol. The lowest BCUT2D eigenvalue weighted by atomic mass is 9.71. The van der Waals surface area contributed by atoms with Crippen molar-refractivity contribution in [3.8, 4) is 11.8 Å². The zero-order valence-corrected chi connectivity index (χ0v) is 10.7. The van der Waals surface area contributed by atoms with Crippen molar-refractivity contribution in [2.75, 3.05) is 6.54 Å².